The van der Waals surface area contributed by atoms with Gasteiger partial charge in [0.2, 0.25) is 0 Å². The van der Waals surface area contributed by atoms with Crippen LogP contribution in [0, 0.1) is 16.7 Å². The first-order valence-corrected chi connectivity index (χ1v) is 71.6. The zero-order valence-corrected chi connectivity index (χ0v) is 94.5. The summed E-state index contributed by atoms with van der Waals surface area (Å²) in [5.74, 6) is 0.732. The SMILES string of the molecule is C=CC[Si]1(Cl)OC(C)(C)C2CCCN21.C=CC[Si]1(Cl)OCC2CCCN21.C=CC[Si]1(Cl)O[C@@H](c2ccccc2)[C@@H](C)N1C.C=CC[Si]1(Cl)O[C@@H](c2ccccc2)[C@@H](C)N1C(C)C.C=CC[Si]1(Cl)O[C@@H](c2ccccc2)[C@H](C)N1C.C=CC[Si]1(Cl)O[C@@H]2C(C3CCC2(C)C3(C)C)N1C.C=CC[Si]1(Cl)O[C@@H]2Cc3ccccc3[C@@H]2N1C.C=CC[Si]1(Cl)O[C@H](c2ccccc2)[C@@H](C)N1C. The van der Waals surface area contributed by atoms with Gasteiger partial charge in [-0.15, -0.1) is 141 Å². The highest BCUT2D eigenvalue weighted by molar-refractivity contribution is 7.18. The zero-order valence-electron chi connectivity index (χ0n) is 80.5. The molecule has 32 heteroatoms. The Morgan fingerprint density at radius 3 is 1.18 bits per heavy atom. The molecule has 24 atom stereocenters. The van der Waals surface area contributed by atoms with Gasteiger partial charge in [-0.3, -0.25) is 36.5 Å². The van der Waals surface area contributed by atoms with Crippen LogP contribution in [0.5, 0.6) is 0 Å². The van der Waals surface area contributed by atoms with Crippen molar-refractivity contribution < 1.29 is 35.4 Å². The number of nitrogens with zero attached hydrogens (tertiary/aromatic N) is 8. The summed E-state index contributed by atoms with van der Waals surface area (Å²) in [6.45, 7) is 58.0. The van der Waals surface area contributed by atoms with Crippen molar-refractivity contribution in [3.8, 4) is 0 Å². The summed E-state index contributed by atoms with van der Waals surface area (Å²) in [4.78, 5) is 0. The van der Waals surface area contributed by atoms with Gasteiger partial charge in [-0.05, 0) is 185 Å². The Morgan fingerprint density at radius 2 is 0.763 bits per heavy atom. The molecular formula is C99H148Cl8N8O8Si8. The van der Waals surface area contributed by atoms with Crippen LogP contribution in [0.25, 0.3) is 0 Å². The van der Waals surface area contributed by atoms with Crippen LogP contribution < -0.4 is 0 Å². The average molecular weight is 2090 g/mol. The lowest BCUT2D eigenvalue weighted by molar-refractivity contribution is 0.0335. The van der Waals surface area contributed by atoms with E-state index in [9.17, 15) is 0 Å². The minimum Gasteiger partial charge on any atom is -0.390 e. The maximum absolute atomic E-state index is 6.84. The van der Waals surface area contributed by atoms with E-state index < -0.39 is 62.3 Å². The summed E-state index contributed by atoms with van der Waals surface area (Å²) in [6, 6.07) is 59.7. The van der Waals surface area contributed by atoms with Gasteiger partial charge in [0.25, 0.3) is 0 Å². The van der Waals surface area contributed by atoms with Crippen molar-refractivity contribution in [3.63, 3.8) is 0 Å². The zero-order chi connectivity index (χ0) is 95.8. The average Bonchev–Trinajstić information content (AvgIpc) is 1.51. The van der Waals surface area contributed by atoms with E-state index in [4.69, 9.17) is 124 Å². The second-order valence-electron chi connectivity index (χ2n) is 38.9. The molecule has 12 fully saturated rings. The molecule has 0 spiro atoms. The quantitative estimate of drug-likeness (QED) is 0.0395. The van der Waals surface area contributed by atoms with Gasteiger partial charge in [-0.25, -0.2) is 0 Å². The van der Waals surface area contributed by atoms with Crippen molar-refractivity contribution in [1.29, 1.82) is 0 Å². The van der Waals surface area contributed by atoms with E-state index in [1.165, 1.54) is 71.9 Å². The van der Waals surface area contributed by atoms with E-state index in [0.29, 0.717) is 71.3 Å². The molecule has 18 rings (SSSR count). The fraction of sp³-hybridized carbons (Fsp3) is 0.535. The molecule has 0 amide bonds. The molecule has 13 unspecified atom stereocenters. The molecule has 10 heterocycles. The van der Waals surface area contributed by atoms with E-state index in [-0.39, 0.29) is 36.1 Å². The van der Waals surface area contributed by atoms with Gasteiger partial charge >= 0.3 is 62.3 Å². The lowest BCUT2D eigenvalue weighted by Crippen LogP contribution is -2.51. The first-order valence-electron chi connectivity index (χ1n) is 47.0. The Morgan fingerprint density at radius 1 is 0.405 bits per heavy atom. The van der Waals surface area contributed by atoms with Crippen LogP contribution in [0.15, 0.2) is 247 Å². The molecule has 10 saturated heterocycles. The third-order valence-corrected chi connectivity index (χ3v) is 65.0. The Balaban J connectivity index is 0.000000145. The largest absolute Gasteiger partial charge is 0.390 e. The van der Waals surface area contributed by atoms with Gasteiger partial charge in [-0.2, -0.15) is 0 Å². The van der Waals surface area contributed by atoms with Crippen LogP contribution in [0.2, 0.25) is 48.4 Å². The standard InChI is InChI=1S/C15H22ClNOSi.C14H24ClNOSi.C13H16ClNOSi.3C13H18ClNOSi.C10H18ClNOSi.C8H14ClNOSi/c1-5-11-19(16)17(12(2)3)13(4)15(18-19)14-9-7-6-8-10-14;1-6-9-18(15)16(5)11-10-7-8-14(4,12(11)17-18)13(10,2)3;1-3-8-17(14)15(2)13-11-7-5-4-6-10(11)9-12(13)16-17;3*1-4-10-17(14)15(3)11(2)13(16-17)12-8-6-5-7-9-12;1-4-8-14(11)12-7-5-6-9(12)10(2,3)13-14;1-2-6-12(9)10-5-3-4-8(10)7-11-12/h5-10,12-13,15H,1,11H2,2-4H3;6,10-12H,1,7-9H2,2-5H3;3-7,12-13H,1,8-9H2,2H3;3*4-9,11,13H,1,10H2,2-3H3;4,9H,1,5-8H2,2-3H3;2,8H,1,3-7H2/t13-,15-,19?;10?,11?,12-,14?,18?;12-,13+,17?;2*11-,13+,17?;11-,13-,17?;;/m111101../s1. The third kappa shape index (κ3) is 23.0. The summed E-state index contributed by atoms with van der Waals surface area (Å²) in [5.41, 5.74) is 8.20. The number of fused-ring (bicyclic) bond motifs is 10. The Hall–Kier alpha value is -2.56. The van der Waals surface area contributed by atoms with Crippen molar-refractivity contribution in [2.24, 2.45) is 16.7 Å². The summed E-state index contributed by atoms with van der Waals surface area (Å²) < 4.78 is 67.7. The molecule has 2 saturated carbocycles. The molecule has 0 N–H and O–H groups in total. The maximum Gasteiger partial charge on any atom is 0.378 e. The monoisotopic (exact) mass is 2080 g/mol. The first-order chi connectivity index (χ1) is 61.9. The topological polar surface area (TPSA) is 99.8 Å². The molecule has 3 aliphatic carbocycles. The number of allylic oxidation sites excluding steroid dienone is 8. The van der Waals surface area contributed by atoms with E-state index in [1.54, 1.807) is 0 Å². The minimum absolute atomic E-state index is 0.0620. The highest BCUT2D eigenvalue weighted by atomic mass is 35.6. The number of hydrogen-bond donors (Lipinski definition) is 0. The van der Waals surface area contributed by atoms with Gasteiger partial charge in [-0.1, -0.05) is 229 Å². The molecule has 720 valence electrons. The van der Waals surface area contributed by atoms with E-state index in [0.717, 1.165) is 80.4 Å². The Bertz CT molecular complexity index is 4460. The fourth-order valence-corrected chi connectivity index (χ4v) is 52.5. The number of benzene rings is 5. The van der Waals surface area contributed by atoms with Crippen LogP contribution in [0.3, 0.4) is 0 Å². The number of halogens is 8. The molecule has 13 aliphatic rings. The normalized spacial score (nSPS) is 38.0. The van der Waals surface area contributed by atoms with Crippen LogP contribution in [0.4, 0.5) is 0 Å². The fourth-order valence-electron chi connectivity index (χ4n) is 22.4. The molecule has 131 heavy (non-hydrogen) atoms. The lowest BCUT2D eigenvalue weighted by Gasteiger charge is -2.39. The number of rotatable bonds is 21. The second kappa shape index (κ2) is 45.6. The second-order valence-corrected chi connectivity index (χ2v) is 74.5. The van der Waals surface area contributed by atoms with Crippen molar-refractivity contribution in [1.82, 2.24) is 36.5 Å². The van der Waals surface area contributed by atoms with Crippen LogP contribution in [-0.2, 0) is 41.8 Å². The molecular weight excluding hydrogens is 1940 g/mol. The van der Waals surface area contributed by atoms with Gasteiger partial charge in [0.1, 0.15) is 0 Å². The first kappa shape index (κ1) is 109. The predicted octanol–water partition coefficient (Wildman–Crippen LogP) is 25.5. The van der Waals surface area contributed by atoms with Gasteiger partial charge in [0.05, 0.1) is 54.9 Å². The van der Waals surface area contributed by atoms with Crippen molar-refractivity contribution in [3.05, 3.63) is 280 Å². The van der Waals surface area contributed by atoms with Crippen molar-refractivity contribution >= 4 is 151 Å². The maximum atomic E-state index is 6.84. The highest BCUT2D eigenvalue weighted by Crippen LogP contribution is 2.70. The summed E-state index contributed by atoms with van der Waals surface area (Å²) >= 11 is 53.3. The molecule has 5 aromatic rings. The Labute approximate surface area is 833 Å². The van der Waals surface area contributed by atoms with E-state index in [2.05, 4.69) is 285 Å². The van der Waals surface area contributed by atoms with Gasteiger partial charge in [0, 0.05) is 96.7 Å². The van der Waals surface area contributed by atoms with Crippen LogP contribution in [0.1, 0.15) is 179 Å². The predicted molar refractivity (Wildman–Crippen MR) is 569 cm³/mol. The Kier molecular flexibility index (Phi) is 37.9. The molecule has 2 bridgehead atoms. The summed E-state index contributed by atoms with van der Waals surface area (Å²) in [6.07, 6.45) is 24.5. The van der Waals surface area contributed by atoms with E-state index >= 15 is 0 Å². The van der Waals surface area contributed by atoms with Gasteiger partial charge in [0.15, 0.2) is 0 Å². The summed E-state index contributed by atoms with van der Waals surface area (Å²) in [5, 5.41) is 0. The molecule has 16 nitrogen and oxygen atoms in total. The smallest absolute Gasteiger partial charge is 0.378 e. The third-order valence-electron chi connectivity index (χ3n) is 30.1. The van der Waals surface area contributed by atoms with E-state index in [1.807, 2.05) is 109 Å². The van der Waals surface area contributed by atoms with Crippen LogP contribution in [-0.4, -0.2) is 220 Å². The number of hydrogen-bond acceptors (Lipinski definition) is 16. The van der Waals surface area contributed by atoms with Gasteiger partial charge < -0.3 is 35.4 Å². The number of likely N-dealkylation sites (N-methyl/N-ethyl adjacent to an activating group) is 5. The molecule has 5 aromatic carbocycles. The molecule has 0 radical (unpaired) electrons. The van der Waals surface area contributed by atoms with Crippen LogP contribution >= 0.6 is 88.6 Å². The van der Waals surface area contributed by atoms with Crippen molar-refractivity contribution in [2.45, 2.75) is 266 Å². The summed E-state index contributed by atoms with van der Waals surface area (Å²) in [7, 11) is -7.62. The highest BCUT2D eigenvalue weighted by Gasteiger charge is 2.74. The van der Waals surface area contributed by atoms with Crippen molar-refractivity contribution in [2.75, 3.05) is 54.9 Å². The lowest BCUT2D eigenvalue weighted by atomic mass is 9.70. The molecule has 0 aromatic heterocycles. The molecule has 10 aliphatic heterocycles. The minimum atomic E-state index is -2.40.